The molecule has 4 rings (SSSR count). The lowest BCUT2D eigenvalue weighted by Crippen LogP contribution is -2.32. The number of aromatic nitrogens is 2. The van der Waals surface area contributed by atoms with Gasteiger partial charge in [0.15, 0.2) is 0 Å². The molecule has 0 saturated heterocycles. The molecular formula is C25H27N5O3. The minimum absolute atomic E-state index is 0.0720. The van der Waals surface area contributed by atoms with Crippen molar-refractivity contribution < 1.29 is 14.3 Å². The fourth-order valence-electron chi connectivity index (χ4n) is 3.80. The first-order chi connectivity index (χ1) is 16.0. The summed E-state index contributed by atoms with van der Waals surface area (Å²) in [5, 5.41) is 8.95. The molecule has 170 valence electrons. The van der Waals surface area contributed by atoms with Crippen molar-refractivity contribution in [2.24, 2.45) is 12.1 Å². The Morgan fingerprint density at radius 3 is 2.52 bits per heavy atom. The van der Waals surface area contributed by atoms with Crippen LogP contribution in [0.2, 0.25) is 0 Å². The predicted octanol–water partition coefficient (Wildman–Crippen LogP) is 3.05. The van der Waals surface area contributed by atoms with E-state index in [4.69, 9.17) is 4.74 Å². The number of amides is 2. The normalized spacial score (nSPS) is 14.0. The summed E-state index contributed by atoms with van der Waals surface area (Å²) in [5.41, 5.74) is 2.78. The summed E-state index contributed by atoms with van der Waals surface area (Å²) in [5.74, 6) is 1.06. The molecular weight excluding hydrogens is 418 g/mol. The van der Waals surface area contributed by atoms with Crippen LogP contribution in [0.15, 0.2) is 72.1 Å². The second-order valence-electron chi connectivity index (χ2n) is 7.85. The van der Waals surface area contributed by atoms with Crippen LogP contribution < -0.4 is 10.1 Å². The molecule has 0 radical (unpaired) electrons. The van der Waals surface area contributed by atoms with Crippen LogP contribution in [-0.4, -0.2) is 45.7 Å². The van der Waals surface area contributed by atoms with Gasteiger partial charge in [-0.15, -0.1) is 0 Å². The summed E-state index contributed by atoms with van der Waals surface area (Å²) in [4.78, 5) is 29.8. The number of ether oxygens (including phenoxy) is 1. The Morgan fingerprint density at radius 2 is 1.85 bits per heavy atom. The van der Waals surface area contributed by atoms with Gasteiger partial charge in [0.2, 0.25) is 11.8 Å². The van der Waals surface area contributed by atoms with Crippen LogP contribution in [0.5, 0.6) is 5.75 Å². The van der Waals surface area contributed by atoms with E-state index in [9.17, 15) is 9.59 Å². The zero-order chi connectivity index (χ0) is 23.2. The van der Waals surface area contributed by atoms with Crippen LogP contribution in [-0.2, 0) is 16.6 Å². The zero-order valence-electron chi connectivity index (χ0n) is 18.8. The average molecular weight is 446 g/mol. The molecule has 1 aliphatic rings. The Balaban J connectivity index is 1.39. The summed E-state index contributed by atoms with van der Waals surface area (Å²) >= 11 is 0. The number of aryl methyl sites for hydroxylation is 1. The van der Waals surface area contributed by atoms with Gasteiger partial charge in [0.05, 0.1) is 19.4 Å². The largest absolute Gasteiger partial charge is 0.497 e. The van der Waals surface area contributed by atoms with Gasteiger partial charge in [-0.05, 0) is 23.3 Å². The molecule has 2 amide bonds. The van der Waals surface area contributed by atoms with Gasteiger partial charge in [0.25, 0.3) is 0 Å². The highest BCUT2D eigenvalue weighted by Crippen LogP contribution is 2.23. The Hall–Kier alpha value is -3.94. The molecule has 8 nitrogen and oxygen atoms in total. The van der Waals surface area contributed by atoms with Crippen LogP contribution in [0.25, 0.3) is 0 Å². The minimum atomic E-state index is -0.437. The van der Waals surface area contributed by atoms with Gasteiger partial charge in [-0.3, -0.25) is 9.59 Å². The van der Waals surface area contributed by atoms with Gasteiger partial charge >= 0.3 is 0 Å². The lowest BCUT2D eigenvalue weighted by molar-refractivity contribution is -0.133. The van der Waals surface area contributed by atoms with E-state index in [-0.39, 0.29) is 24.7 Å². The first-order valence-corrected chi connectivity index (χ1v) is 10.9. The van der Waals surface area contributed by atoms with Crippen molar-refractivity contribution in [1.82, 2.24) is 19.9 Å². The summed E-state index contributed by atoms with van der Waals surface area (Å²) in [6.07, 6.45) is 4.39. The van der Waals surface area contributed by atoms with Crippen LogP contribution in [0.3, 0.4) is 0 Å². The number of carbonyl (C=O) groups is 2. The topological polar surface area (TPSA) is 88.8 Å². The molecule has 1 N–H and O–H groups in total. The highest BCUT2D eigenvalue weighted by molar-refractivity contribution is 6.02. The number of hydrogen-bond donors (Lipinski definition) is 1. The van der Waals surface area contributed by atoms with Gasteiger partial charge < -0.3 is 14.6 Å². The second-order valence-corrected chi connectivity index (χ2v) is 7.85. The fraction of sp³-hybridized carbons (Fsp3) is 0.280. The number of nitrogens with one attached hydrogen (secondary N) is 1. The molecule has 0 aliphatic carbocycles. The number of hydrazone groups is 1. The number of benzene rings is 2. The highest BCUT2D eigenvalue weighted by atomic mass is 16.5. The van der Waals surface area contributed by atoms with Gasteiger partial charge in [-0.25, -0.2) is 9.99 Å². The molecule has 2 aromatic carbocycles. The maximum Gasteiger partial charge on any atom is 0.243 e. The molecule has 2 heterocycles. The summed E-state index contributed by atoms with van der Waals surface area (Å²) in [6, 6.07) is 16.9. The quantitative estimate of drug-likeness (QED) is 0.577. The van der Waals surface area contributed by atoms with Crippen molar-refractivity contribution in [3.05, 3.63) is 83.9 Å². The smallest absolute Gasteiger partial charge is 0.243 e. The Bertz CT molecular complexity index is 1140. The Labute approximate surface area is 192 Å². The third-order valence-electron chi connectivity index (χ3n) is 5.63. The maximum atomic E-state index is 12.8. The molecule has 1 aliphatic heterocycles. The predicted molar refractivity (Wildman–Crippen MR) is 125 cm³/mol. The van der Waals surface area contributed by atoms with Crippen molar-refractivity contribution >= 4 is 17.5 Å². The van der Waals surface area contributed by atoms with Crippen LogP contribution in [0, 0.1) is 0 Å². The van der Waals surface area contributed by atoms with Crippen LogP contribution >= 0.6 is 0 Å². The summed E-state index contributed by atoms with van der Waals surface area (Å²) < 4.78 is 7.10. The summed E-state index contributed by atoms with van der Waals surface area (Å²) in [7, 11) is 3.49. The number of rotatable bonds is 8. The van der Waals surface area contributed by atoms with E-state index in [0.717, 1.165) is 22.6 Å². The van der Waals surface area contributed by atoms with Crippen molar-refractivity contribution in [3.8, 4) is 5.75 Å². The third-order valence-corrected chi connectivity index (χ3v) is 5.63. The average Bonchev–Trinajstić information content (AvgIpc) is 3.51. The molecule has 8 heteroatoms. The molecule has 0 saturated carbocycles. The standard InChI is InChI=1S/C25H27N5O3/c1-29-17-15-26-25(29)24(19-8-10-20(33-2)11-9-19)27-22(31)12-13-23(32)30-16-14-21(28-30)18-6-4-3-5-7-18/h3-11,15,17,24H,12-14,16H2,1-2H3,(H,27,31). The third kappa shape index (κ3) is 5.28. The lowest BCUT2D eigenvalue weighted by atomic mass is 10.1. The van der Waals surface area contributed by atoms with Gasteiger partial charge in [0.1, 0.15) is 17.6 Å². The SMILES string of the molecule is COc1ccc(C(NC(=O)CCC(=O)N2CCC(c3ccccc3)=N2)c2nccn2C)cc1. The van der Waals surface area contributed by atoms with Crippen molar-refractivity contribution in [3.63, 3.8) is 0 Å². The number of methoxy groups -OCH3 is 1. The minimum Gasteiger partial charge on any atom is -0.497 e. The molecule has 33 heavy (non-hydrogen) atoms. The fourth-order valence-corrected chi connectivity index (χ4v) is 3.80. The van der Waals surface area contributed by atoms with E-state index >= 15 is 0 Å². The van der Waals surface area contributed by atoms with E-state index < -0.39 is 6.04 Å². The van der Waals surface area contributed by atoms with Crippen molar-refractivity contribution in [2.75, 3.05) is 13.7 Å². The second kappa shape index (κ2) is 10.1. The maximum absolute atomic E-state index is 12.8. The molecule has 3 aromatic rings. The number of hydrogen-bond acceptors (Lipinski definition) is 5. The van der Waals surface area contributed by atoms with E-state index in [1.807, 2.05) is 72.4 Å². The molecule has 1 atom stereocenters. The molecule has 0 fully saturated rings. The molecule has 0 bridgehead atoms. The molecule has 0 spiro atoms. The number of nitrogens with zero attached hydrogens (tertiary/aromatic N) is 4. The van der Waals surface area contributed by atoms with Crippen molar-refractivity contribution in [2.45, 2.75) is 25.3 Å². The van der Waals surface area contributed by atoms with Gasteiger partial charge in [-0.1, -0.05) is 42.5 Å². The van der Waals surface area contributed by atoms with E-state index in [1.165, 1.54) is 5.01 Å². The Morgan fingerprint density at radius 1 is 1.09 bits per heavy atom. The van der Waals surface area contributed by atoms with E-state index in [0.29, 0.717) is 18.8 Å². The first kappa shape index (κ1) is 22.3. The zero-order valence-corrected chi connectivity index (χ0v) is 18.8. The highest BCUT2D eigenvalue weighted by Gasteiger charge is 2.24. The van der Waals surface area contributed by atoms with E-state index in [2.05, 4.69) is 15.4 Å². The van der Waals surface area contributed by atoms with Crippen molar-refractivity contribution in [1.29, 1.82) is 0 Å². The van der Waals surface area contributed by atoms with Crippen LogP contribution in [0.4, 0.5) is 0 Å². The monoisotopic (exact) mass is 445 g/mol. The first-order valence-electron chi connectivity index (χ1n) is 10.9. The van der Waals surface area contributed by atoms with Crippen LogP contribution in [0.1, 0.15) is 42.3 Å². The van der Waals surface area contributed by atoms with Gasteiger partial charge in [0, 0.05) is 38.7 Å². The molecule has 1 aromatic heterocycles. The van der Waals surface area contributed by atoms with E-state index in [1.54, 1.807) is 13.3 Å². The number of imidazole rings is 1. The van der Waals surface area contributed by atoms with Gasteiger partial charge in [-0.2, -0.15) is 5.10 Å². The lowest BCUT2D eigenvalue weighted by Gasteiger charge is -2.20. The Kier molecular flexibility index (Phi) is 6.83. The molecule has 1 unspecified atom stereocenters. The summed E-state index contributed by atoms with van der Waals surface area (Å²) in [6.45, 7) is 0.534. The number of carbonyl (C=O) groups excluding carboxylic acids is 2.